The average molecular weight is 340 g/mol. The van der Waals surface area contributed by atoms with Gasteiger partial charge in [0.1, 0.15) is 0 Å². The van der Waals surface area contributed by atoms with Gasteiger partial charge in [-0.05, 0) is 18.9 Å². The predicted molar refractivity (Wildman–Crippen MR) is 93.6 cm³/mol. The molecule has 0 aliphatic heterocycles. The molecule has 0 fully saturated rings. The molecule has 1 aromatic carbocycles. The Labute approximate surface area is 140 Å². The van der Waals surface area contributed by atoms with Crippen molar-refractivity contribution in [2.75, 3.05) is 26.4 Å². The number of benzene rings is 1. The molecule has 1 amide bonds. The van der Waals surface area contributed by atoms with Crippen molar-refractivity contribution in [3.8, 4) is 0 Å². The van der Waals surface area contributed by atoms with E-state index in [0.717, 1.165) is 18.4 Å². The Morgan fingerprint density at radius 3 is 2.30 bits per heavy atom. The summed E-state index contributed by atoms with van der Waals surface area (Å²) in [4.78, 5) is 13.8. The van der Waals surface area contributed by atoms with Crippen LogP contribution in [0, 0.1) is 0 Å². The molecule has 0 aliphatic rings. The van der Waals surface area contributed by atoms with Crippen LogP contribution in [-0.4, -0.2) is 49.9 Å². The van der Waals surface area contributed by atoms with Gasteiger partial charge in [0, 0.05) is 32.6 Å². The Morgan fingerprint density at radius 1 is 1.17 bits per heavy atom. The van der Waals surface area contributed by atoms with Crippen molar-refractivity contribution in [1.82, 2.24) is 9.21 Å². The van der Waals surface area contributed by atoms with Gasteiger partial charge in [0.25, 0.3) is 0 Å². The van der Waals surface area contributed by atoms with Crippen LogP contribution < -0.4 is 0 Å². The third-order valence-corrected chi connectivity index (χ3v) is 5.31. The number of unbranched alkanes of at least 4 members (excludes halogenated alkanes) is 1. The fraction of sp³-hybridized carbons (Fsp3) is 0.588. The molecule has 0 aliphatic carbocycles. The van der Waals surface area contributed by atoms with Crippen LogP contribution in [0.2, 0.25) is 0 Å². The summed E-state index contributed by atoms with van der Waals surface area (Å²) < 4.78 is 25.6. The molecule has 1 rings (SSSR count). The van der Waals surface area contributed by atoms with E-state index in [9.17, 15) is 13.2 Å². The quantitative estimate of drug-likeness (QED) is 0.694. The first-order chi connectivity index (χ1) is 10.8. The molecule has 0 spiro atoms. The van der Waals surface area contributed by atoms with Crippen molar-refractivity contribution < 1.29 is 13.2 Å². The summed E-state index contributed by atoms with van der Waals surface area (Å²) in [5, 5.41) is 0. The molecule has 0 heterocycles. The van der Waals surface area contributed by atoms with E-state index in [1.54, 1.807) is 11.9 Å². The van der Waals surface area contributed by atoms with Gasteiger partial charge in [0.15, 0.2) is 0 Å². The average Bonchev–Trinajstić information content (AvgIpc) is 2.51. The zero-order valence-corrected chi connectivity index (χ0v) is 15.3. The van der Waals surface area contributed by atoms with E-state index >= 15 is 0 Å². The van der Waals surface area contributed by atoms with E-state index < -0.39 is 10.0 Å². The molecular formula is C17H28N2O3S. The SMILES string of the molecule is CCCCN(C)C(=O)CCN(C(C)c1ccccc1)S(C)(=O)=O. The largest absolute Gasteiger partial charge is 0.346 e. The Bertz CT molecular complexity index is 587. The minimum Gasteiger partial charge on any atom is -0.346 e. The highest BCUT2D eigenvalue weighted by Crippen LogP contribution is 2.22. The fourth-order valence-corrected chi connectivity index (χ4v) is 3.58. The summed E-state index contributed by atoms with van der Waals surface area (Å²) in [7, 11) is -1.62. The minimum absolute atomic E-state index is 0.0210. The number of rotatable bonds is 9. The van der Waals surface area contributed by atoms with Crippen molar-refractivity contribution in [1.29, 1.82) is 0 Å². The molecule has 0 aromatic heterocycles. The smallest absolute Gasteiger partial charge is 0.223 e. The van der Waals surface area contributed by atoms with Crippen LogP contribution >= 0.6 is 0 Å². The zero-order valence-electron chi connectivity index (χ0n) is 14.5. The number of sulfonamides is 1. The van der Waals surface area contributed by atoms with Crippen LogP contribution in [0.25, 0.3) is 0 Å². The molecule has 1 aromatic rings. The fourth-order valence-electron chi connectivity index (χ4n) is 2.46. The zero-order chi connectivity index (χ0) is 17.5. The highest BCUT2D eigenvalue weighted by molar-refractivity contribution is 7.88. The molecule has 130 valence electrons. The Morgan fingerprint density at radius 2 is 1.78 bits per heavy atom. The van der Waals surface area contributed by atoms with Crippen LogP contribution in [0.5, 0.6) is 0 Å². The lowest BCUT2D eigenvalue weighted by molar-refractivity contribution is -0.130. The monoisotopic (exact) mass is 340 g/mol. The van der Waals surface area contributed by atoms with Gasteiger partial charge in [0.05, 0.1) is 6.26 Å². The molecule has 23 heavy (non-hydrogen) atoms. The Kier molecular flexibility index (Phi) is 7.72. The first kappa shape index (κ1) is 19.6. The molecule has 0 saturated heterocycles. The van der Waals surface area contributed by atoms with Gasteiger partial charge in [-0.2, -0.15) is 4.31 Å². The topological polar surface area (TPSA) is 57.7 Å². The molecule has 0 radical (unpaired) electrons. The standard InChI is InChI=1S/C17H28N2O3S/c1-5-6-13-18(3)17(20)12-14-19(23(4,21)22)15(2)16-10-8-7-9-11-16/h7-11,15H,5-6,12-14H2,1-4H3. The summed E-state index contributed by atoms with van der Waals surface area (Å²) in [6.45, 7) is 4.83. The number of hydrogen-bond acceptors (Lipinski definition) is 3. The second-order valence-corrected chi connectivity index (χ2v) is 7.81. The molecule has 5 nitrogen and oxygen atoms in total. The van der Waals surface area contributed by atoms with Gasteiger partial charge in [-0.25, -0.2) is 8.42 Å². The number of amides is 1. The maximum Gasteiger partial charge on any atom is 0.223 e. The van der Waals surface area contributed by atoms with E-state index in [-0.39, 0.29) is 24.9 Å². The van der Waals surface area contributed by atoms with Crippen LogP contribution in [0.1, 0.15) is 44.7 Å². The Balaban J connectivity index is 2.76. The van der Waals surface area contributed by atoms with Crippen LogP contribution in [0.3, 0.4) is 0 Å². The summed E-state index contributed by atoms with van der Waals surface area (Å²) in [6.07, 6.45) is 3.37. The molecule has 1 unspecified atom stereocenters. The third kappa shape index (κ3) is 6.31. The van der Waals surface area contributed by atoms with E-state index in [1.807, 2.05) is 37.3 Å². The lowest BCUT2D eigenvalue weighted by atomic mass is 10.1. The predicted octanol–water partition coefficient (Wildman–Crippen LogP) is 2.66. The first-order valence-corrected chi connectivity index (χ1v) is 9.88. The molecule has 6 heteroatoms. The van der Waals surface area contributed by atoms with Gasteiger partial charge in [0.2, 0.25) is 15.9 Å². The lowest BCUT2D eigenvalue weighted by Gasteiger charge is -2.28. The third-order valence-electron chi connectivity index (χ3n) is 3.96. The molecular weight excluding hydrogens is 312 g/mol. The summed E-state index contributed by atoms with van der Waals surface area (Å²) >= 11 is 0. The van der Waals surface area contributed by atoms with E-state index in [2.05, 4.69) is 6.92 Å². The highest BCUT2D eigenvalue weighted by Gasteiger charge is 2.25. The summed E-state index contributed by atoms with van der Waals surface area (Å²) in [5.41, 5.74) is 0.921. The highest BCUT2D eigenvalue weighted by atomic mass is 32.2. The Hall–Kier alpha value is -1.40. The maximum absolute atomic E-state index is 12.1. The number of nitrogens with zero attached hydrogens (tertiary/aromatic N) is 2. The van der Waals surface area contributed by atoms with Crippen LogP contribution in [0.4, 0.5) is 0 Å². The van der Waals surface area contributed by atoms with E-state index in [4.69, 9.17) is 0 Å². The van der Waals surface area contributed by atoms with Crippen molar-refractivity contribution >= 4 is 15.9 Å². The molecule has 0 bridgehead atoms. The molecule has 0 saturated carbocycles. The molecule has 1 atom stereocenters. The summed E-state index contributed by atoms with van der Waals surface area (Å²) in [5.74, 6) is -0.0210. The number of carbonyl (C=O) groups is 1. The van der Waals surface area contributed by atoms with Gasteiger partial charge in [-0.1, -0.05) is 43.7 Å². The lowest BCUT2D eigenvalue weighted by Crippen LogP contribution is -2.37. The first-order valence-electron chi connectivity index (χ1n) is 8.03. The van der Waals surface area contributed by atoms with Crippen molar-refractivity contribution in [3.05, 3.63) is 35.9 Å². The van der Waals surface area contributed by atoms with E-state index in [1.165, 1.54) is 10.6 Å². The van der Waals surface area contributed by atoms with Crippen molar-refractivity contribution in [2.45, 2.75) is 39.2 Å². The van der Waals surface area contributed by atoms with Gasteiger partial charge in [-0.15, -0.1) is 0 Å². The second kappa shape index (κ2) is 9.03. The molecule has 0 N–H and O–H groups in total. The van der Waals surface area contributed by atoms with Gasteiger partial charge in [-0.3, -0.25) is 4.79 Å². The number of hydrogen-bond donors (Lipinski definition) is 0. The maximum atomic E-state index is 12.1. The van der Waals surface area contributed by atoms with Crippen LogP contribution in [-0.2, 0) is 14.8 Å². The minimum atomic E-state index is -3.39. The van der Waals surface area contributed by atoms with Gasteiger partial charge >= 0.3 is 0 Å². The second-order valence-electron chi connectivity index (χ2n) is 5.88. The normalized spacial score (nSPS) is 13.1. The van der Waals surface area contributed by atoms with Crippen molar-refractivity contribution in [2.24, 2.45) is 0 Å². The number of carbonyl (C=O) groups excluding carboxylic acids is 1. The van der Waals surface area contributed by atoms with Crippen LogP contribution in [0.15, 0.2) is 30.3 Å². The van der Waals surface area contributed by atoms with Gasteiger partial charge < -0.3 is 4.90 Å². The van der Waals surface area contributed by atoms with Crippen molar-refractivity contribution in [3.63, 3.8) is 0 Å². The summed E-state index contributed by atoms with van der Waals surface area (Å²) in [6, 6.07) is 9.18. The van der Waals surface area contributed by atoms with E-state index in [0.29, 0.717) is 6.54 Å².